The van der Waals surface area contributed by atoms with Gasteiger partial charge in [-0.3, -0.25) is 9.69 Å². The summed E-state index contributed by atoms with van der Waals surface area (Å²) in [5, 5.41) is 6.59. The van der Waals surface area contributed by atoms with Gasteiger partial charge >= 0.3 is 5.97 Å². The molecule has 8 heteroatoms. The molecule has 1 unspecified atom stereocenters. The van der Waals surface area contributed by atoms with Crippen LogP contribution in [-0.4, -0.2) is 74.4 Å². The summed E-state index contributed by atoms with van der Waals surface area (Å²) >= 11 is 0. The zero-order valence-corrected chi connectivity index (χ0v) is 20.2. The van der Waals surface area contributed by atoms with Gasteiger partial charge in [-0.25, -0.2) is 4.99 Å². The Morgan fingerprint density at radius 2 is 1.85 bits per heavy atom. The Kier molecular flexibility index (Phi) is 13.2. The molecule has 0 amide bonds. The standard InChI is InChI=1S/C19H38N4O3.HI/c1-7-20-18(22-14-17(24)26-19(4,5)6)21-13-16(12-15(2)3)23-8-10-25-11-9-23;/h15-16H,7-14H2,1-6H3,(H2,20,21,22);1H. The van der Waals surface area contributed by atoms with E-state index >= 15 is 0 Å². The van der Waals surface area contributed by atoms with E-state index in [9.17, 15) is 4.79 Å². The average molecular weight is 498 g/mol. The largest absolute Gasteiger partial charge is 0.459 e. The van der Waals surface area contributed by atoms with Gasteiger partial charge in [-0.05, 0) is 40.0 Å². The minimum Gasteiger partial charge on any atom is -0.459 e. The molecule has 1 heterocycles. The second kappa shape index (κ2) is 13.5. The second-order valence-electron chi connectivity index (χ2n) is 8.09. The van der Waals surface area contributed by atoms with Gasteiger partial charge in [0.05, 0.1) is 13.2 Å². The summed E-state index contributed by atoms with van der Waals surface area (Å²) in [6.45, 7) is 17.1. The normalized spacial score (nSPS) is 17.2. The summed E-state index contributed by atoms with van der Waals surface area (Å²) < 4.78 is 10.8. The molecule has 1 fully saturated rings. The zero-order chi connectivity index (χ0) is 19.6. The number of rotatable bonds is 8. The highest BCUT2D eigenvalue weighted by Crippen LogP contribution is 2.13. The van der Waals surface area contributed by atoms with Crippen LogP contribution in [0.25, 0.3) is 0 Å². The molecule has 0 spiro atoms. The lowest BCUT2D eigenvalue weighted by molar-refractivity contribution is -0.152. The summed E-state index contributed by atoms with van der Waals surface area (Å²) in [6.07, 6.45) is 1.11. The van der Waals surface area contributed by atoms with Crippen LogP contribution in [0.2, 0.25) is 0 Å². The van der Waals surface area contributed by atoms with Crippen molar-refractivity contribution in [3.8, 4) is 0 Å². The highest BCUT2D eigenvalue weighted by molar-refractivity contribution is 14.0. The summed E-state index contributed by atoms with van der Waals surface area (Å²) in [5.41, 5.74) is -0.489. The fourth-order valence-corrected chi connectivity index (χ4v) is 2.92. The van der Waals surface area contributed by atoms with Crippen LogP contribution in [0.3, 0.4) is 0 Å². The van der Waals surface area contributed by atoms with Crippen molar-refractivity contribution in [3.63, 3.8) is 0 Å². The molecule has 1 aliphatic rings. The molecule has 1 rings (SSSR count). The number of carbonyl (C=O) groups excluding carboxylic acids is 1. The maximum absolute atomic E-state index is 11.9. The van der Waals surface area contributed by atoms with E-state index in [2.05, 4.69) is 34.4 Å². The molecule has 0 aromatic rings. The smallest absolute Gasteiger partial charge is 0.328 e. The number of halogens is 1. The molecule has 0 aliphatic carbocycles. The zero-order valence-electron chi connectivity index (χ0n) is 17.8. The maximum atomic E-state index is 11.9. The first-order valence-electron chi connectivity index (χ1n) is 9.77. The first-order chi connectivity index (χ1) is 12.2. The Labute approximate surface area is 182 Å². The number of ether oxygens (including phenoxy) is 2. The molecule has 0 aromatic carbocycles. The van der Waals surface area contributed by atoms with Crippen molar-refractivity contribution in [2.24, 2.45) is 10.9 Å². The van der Waals surface area contributed by atoms with Crippen molar-refractivity contribution in [1.29, 1.82) is 0 Å². The molecule has 2 N–H and O–H groups in total. The molecule has 27 heavy (non-hydrogen) atoms. The number of nitrogens with one attached hydrogen (secondary N) is 2. The van der Waals surface area contributed by atoms with Crippen molar-refractivity contribution in [1.82, 2.24) is 15.5 Å². The molecule has 7 nitrogen and oxygen atoms in total. The maximum Gasteiger partial charge on any atom is 0.328 e. The number of esters is 1. The number of carbonyl (C=O) groups is 1. The first kappa shape index (κ1) is 26.4. The lowest BCUT2D eigenvalue weighted by Gasteiger charge is -2.35. The van der Waals surface area contributed by atoms with Gasteiger partial charge in [-0.1, -0.05) is 13.8 Å². The monoisotopic (exact) mass is 498 g/mol. The molecule has 1 aliphatic heterocycles. The third-order valence-corrected chi connectivity index (χ3v) is 3.94. The molecule has 0 bridgehead atoms. The van der Waals surface area contributed by atoms with Gasteiger partial charge in [-0.2, -0.15) is 0 Å². The average Bonchev–Trinajstić information content (AvgIpc) is 2.55. The van der Waals surface area contributed by atoms with E-state index in [1.54, 1.807) is 0 Å². The minimum atomic E-state index is -0.489. The van der Waals surface area contributed by atoms with Crippen LogP contribution >= 0.6 is 24.0 Å². The van der Waals surface area contributed by atoms with Crippen LogP contribution < -0.4 is 10.6 Å². The lowest BCUT2D eigenvalue weighted by atomic mass is 10.0. The third-order valence-electron chi connectivity index (χ3n) is 3.94. The van der Waals surface area contributed by atoms with Crippen molar-refractivity contribution in [2.75, 3.05) is 45.9 Å². The minimum absolute atomic E-state index is 0. The van der Waals surface area contributed by atoms with E-state index in [4.69, 9.17) is 9.47 Å². The molecule has 0 radical (unpaired) electrons. The number of nitrogens with zero attached hydrogens (tertiary/aromatic N) is 2. The van der Waals surface area contributed by atoms with Crippen molar-refractivity contribution in [3.05, 3.63) is 0 Å². The quantitative estimate of drug-likeness (QED) is 0.232. The van der Waals surface area contributed by atoms with E-state index in [-0.39, 0.29) is 36.5 Å². The Bertz CT molecular complexity index is 447. The predicted octanol–water partition coefficient (Wildman–Crippen LogP) is 2.25. The van der Waals surface area contributed by atoms with Crippen molar-refractivity contribution in [2.45, 2.75) is 59.6 Å². The Morgan fingerprint density at radius 1 is 1.22 bits per heavy atom. The van der Waals surface area contributed by atoms with Gasteiger partial charge < -0.3 is 20.1 Å². The Hall–Kier alpha value is -0.610. The Balaban J connectivity index is 0.00000676. The van der Waals surface area contributed by atoms with Gasteiger partial charge in [0, 0.05) is 32.2 Å². The fraction of sp³-hybridized carbons (Fsp3) is 0.895. The van der Waals surface area contributed by atoms with Gasteiger partial charge in [0.25, 0.3) is 0 Å². The molecule has 160 valence electrons. The van der Waals surface area contributed by atoms with Crippen LogP contribution in [0.5, 0.6) is 0 Å². The molecular formula is C19H39IN4O3. The number of morpholine rings is 1. The predicted molar refractivity (Wildman–Crippen MR) is 121 cm³/mol. The number of hydrogen-bond donors (Lipinski definition) is 2. The summed E-state index contributed by atoms with van der Waals surface area (Å²) in [7, 11) is 0. The summed E-state index contributed by atoms with van der Waals surface area (Å²) in [6, 6.07) is 0.421. The van der Waals surface area contributed by atoms with E-state index < -0.39 is 5.60 Å². The van der Waals surface area contributed by atoms with Crippen molar-refractivity contribution >= 4 is 35.9 Å². The summed E-state index contributed by atoms with van der Waals surface area (Å²) in [4.78, 5) is 18.7. The van der Waals surface area contributed by atoms with Gasteiger partial charge in [-0.15, -0.1) is 24.0 Å². The highest BCUT2D eigenvalue weighted by atomic mass is 127. The molecular weight excluding hydrogens is 459 g/mol. The molecule has 1 saturated heterocycles. The topological polar surface area (TPSA) is 75.2 Å². The molecule has 1 atom stereocenters. The van der Waals surface area contributed by atoms with Crippen LogP contribution in [-0.2, 0) is 14.3 Å². The van der Waals surface area contributed by atoms with Gasteiger partial charge in [0.1, 0.15) is 12.1 Å². The van der Waals surface area contributed by atoms with E-state index in [0.717, 1.165) is 45.8 Å². The van der Waals surface area contributed by atoms with E-state index in [1.807, 2.05) is 27.7 Å². The van der Waals surface area contributed by atoms with Crippen LogP contribution in [0.1, 0.15) is 48.0 Å². The molecule has 0 aromatic heterocycles. The number of aliphatic imine (C=N–C) groups is 1. The van der Waals surface area contributed by atoms with Crippen LogP contribution in [0.4, 0.5) is 0 Å². The van der Waals surface area contributed by atoms with E-state index in [0.29, 0.717) is 17.9 Å². The number of hydrogen-bond acceptors (Lipinski definition) is 5. The lowest BCUT2D eigenvalue weighted by Crippen LogP contribution is -2.51. The third kappa shape index (κ3) is 12.5. The van der Waals surface area contributed by atoms with E-state index in [1.165, 1.54) is 0 Å². The van der Waals surface area contributed by atoms with Gasteiger partial charge in [0.15, 0.2) is 5.96 Å². The van der Waals surface area contributed by atoms with Crippen LogP contribution in [0, 0.1) is 5.92 Å². The van der Waals surface area contributed by atoms with Crippen molar-refractivity contribution < 1.29 is 14.3 Å². The summed E-state index contributed by atoms with van der Waals surface area (Å²) in [5.74, 6) is 0.952. The Morgan fingerprint density at radius 3 is 2.37 bits per heavy atom. The van der Waals surface area contributed by atoms with Crippen LogP contribution in [0.15, 0.2) is 4.99 Å². The highest BCUT2D eigenvalue weighted by Gasteiger charge is 2.22. The SMILES string of the molecule is CCNC(=NCC(=O)OC(C)(C)C)NCC(CC(C)C)N1CCOCC1.I. The second-order valence-corrected chi connectivity index (χ2v) is 8.09. The molecule has 0 saturated carbocycles. The van der Waals surface area contributed by atoms with Gasteiger partial charge in [0.2, 0.25) is 0 Å². The number of guanidine groups is 1. The fourth-order valence-electron chi connectivity index (χ4n) is 2.92. The first-order valence-corrected chi connectivity index (χ1v) is 9.77.